The summed E-state index contributed by atoms with van der Waals surface area (Å²) in [6, 6.07) is 12.7. The van der Waals surface area contributed by atoms with Crippen LogP contribution in [-0.2, 0) is 10.0 Å². The molecule has 0 radical (unpaired) electrons. The third kappa shape index (κ3) is 3.45. The van der Waals surface area contributed by atoms with E-state index in [9.17, 15) is 8.42 Å². The fraction of sp³-hybridized carbons (Fsp3) is 0.0714. The Balaban J connectivity index is 2.29. The molecule has 0 aromatic heterocycles. The molecule has 0 unspecified atom stereocenters. The van der Waals surface area contributed by atoms with Crippen molar-refractivity contribution < 1.29 is 8.42 Å². The van der Waals surface area contributed by atoms with Gasteiger partial charge in [0, 0.05) is 18.4 Å². The third-order valence-corrected chi connectivity index (χ3v) is 4.49. The fourth-order valence-corrected chi connectivity index (χ4v) is 3.04. The Labute approximate surface area is 128 Å². The molecule has 0 saturated carbocycles. The highest BCUT2D eigenvalue weighted by atomic mass is 35.5. The van der Waals surface area contributed by atoms with Crippen molar-refractivity contribution in [2.45, 2.75) is 4.90 Å². The molecule has 0 aliphatic rings. The molecular formula is C14H12ClN3O2S. The lowest BCUT2D eigenvalue weighted by atomic mass is 10.2. The quantitative estimate of drug-likeness (QED) is 0.906. The lowest BCUT2D eigenvalue weighted by molar-refractivity contribution is 0.601. The third-order valence-electron chi connectivity index (χ3n) is 2.80. The number of rotatable bonds is 4. The molecule has 21 heavy (non-hydrogen) atoms. The van der Waals surface area contributed by atoms with Crippen LogP contribution in [0.4, 0.5) is 11.4 Å². The summed E-state index contributed by atoms with van der Waals surface area (Å²) in [7, 11) is -1.97. The van der Waals surface area contributed by atoms with Crippen LogP contribution < -0.4 is 10.0 Å². The second-order valence-electron chi connectivity index (χ2n) is 4.19. The Morgan fingerprint density at radius 3 is 2.24 bits per heavy atom. The number of hydrogen-bond donors (Lipinski definition) is 2. The van der Waals surface area contributed by atoms with Crippen molar-refractivity contribution in [2.24, 2.45) is 0 Å². The van der Waals surface area contributed by atoms with Crippen LogP contribution in [0.2, 0.25) is 5.02 Å². The van der Waals surface area contributed by atoms with Crippen molar-refractivity contribution in [3.63, 3.8) is 0 Å². The van der Waals surface area contributed by atoms with Crippen LogP contribution in [0.3, 0.4) is 0 Å². The van der Waals surface area contributed by atoms with E-state index >= 15 is 0 Å². The first kappa shape index (κ1) is 15.2. The molecule has 0 saturated heterocycles. The molecule has 2 aromatic carbocycles. The van der Waals surface area contributed by atoms with Gasteiger partial charge in [0.05, 0.1) is 15.5 Å². The van der Waals surface area contributed by atoms with Gasteiger partial charge in [-0.1, -0.05) is 11.6 Å². The van der Waals surface area contributed by atoms with Crippen LogP contribution in [0.25, 0.3) is 0 Å². The molecular weight excluding hydrogens is 310 g/mol. The van der Waals surface area contributed by atoms with Gasteiger partial charge in [-0.25, -0.2) is 8.42 Å². The summed E-state index contributed by atoms with van der Waals surface area (Å²) in [5.41, 5.74) is 1.54. The molecule has 2 N–H and O–H groups in total. The average Bonchev–Trinajstić information content (AvgIpc) is 2.47. The predicted octanol–water partition coefficient (Wildman–Crippen LogP) is 3.05. The number of nitrogens with zero attached hydrogens (tertiary/aromatic N) is 1. The van der Waals surface area contributed by atoms with Gasteiger partial charge in [-0.2, -0.15) is 5.26 Å². The summed E-state index contributed by atoms with van der Waals surface area (Å²) < 4.78 is 26.9. The highest BCUT2D eigenvalue weighted by Crippen LogP contribution is 2.23. The highest BCUT2D eigenvalue weighted by Gasteiger charge is 2.15. The van der Waals surface area contributed by atoms with Gasteiger partial charge in [0.2, 0.25) is 0 Å². The summed E-state index contributed by atoms with van der Waals surface area (Å²) in [6.45, 7) is 0. The maximum absolute atomic E-state index is 12.2. The van der Waals surface area contributed by atoms with Gasteiger partial charge in [-0.05, 0) is 42.5 Å². The number of sulfonamides is 1. The SMILES string of the molecule is CNc1ccc(NS(=O)(=O)c2ccc(C#N)c(Cl)c2)cc1. The van der Waals surface area contributed by atoms with E-state index in [0.717, 1.165) is 5.69 Å². The van der Waals surface area contributed by atoms with E-state index in [4.69, 9.17) is 16.9 Å². The Kier molecular flexibility index (Phi) is 4.36. The number of halogens is 1. The van der Waals surface area contributed by atoms with Crippen LogP contribution in [0.15, 0.2) is 47.4 Å². The zero-order valence-corrected chi connectivity index (χ0v) is 12.7. The molecule has 0 aliphatic heterocycles. The topological polar surface area (TPSA) is 82.0 Å². The van der Waals surface area contributed by atoms with Gasteiger partial charge >= 0.3 is 0 Å². The van der Waals surface area contributed by atoms with Gasteiger partial charge in [-0.3, -0.25) is 4.72 Å². The number of nitriles is 1. The number of anilines is 2. The average molecular weight is 322 g/mol. The van der Waals surface area contributed by atoms with Crippen molar-refractivity contribution in [3.8, 4) is 6.07 Å². The minimum absolute atomic E-state index is 0.00388. The molecule has 108 valence electrons. The number of nitrogens with one attached hydrogen (secondary N) is 2. The Hall–Kier alpha value is -2.23. The maximum atomic E-state index is 12.2. The van der Waals surface area contributed by atoms with Gasteiger partial charge in [0.25, 0.3) is 10.0 Å². The lowest BCUT2D eigenvalue weighted by Crippen LogP contribution is -2.13. The standard InChI is InChI=1S/C14H12ClN3O2S/c1-17-11-3-5-12(6-4-11)18-21(19,20)13-7-2-10(9-16)14(15)8-13/h2-8,17-18H,1H3. The second-order valence-corrected chi connectivity index (χ2v) is 6.28. The molecule has 0 bridgehead atoms. The minimum atomic E-state index is -3.74. The zero-order valence-electron chi connectivity index (χ0n) is 11.1. The molecule has 2 rings (SSSR count). The Morgan fingerprint density at radius 2 is 1.71 bits per heavy atom. The minimum Gasteiger partial charge on any atom is -0.388 e. The summed E-state index contributed by atoms with van der Waals surface area (Å²) >= 11 is 5.86. The van der Waals surface area contributed by atoms with Gasteiger partial charge in [0.1, 0.15) is 6.07 Å². The van der Waals surface area contributed by atoms with Crippen LogP contribution in [0.5, 0.6) is 0 Å². The van der Waals surface area contributed by atoms with Crippen molar-refractivity contribution in [1.29, 1.82) is 5.26 Å². The van der Waals surface area contributed by atoms with E-state index in [0.29, 0.717) is 5.69 Å². The fourth-order valence-electron chi connectivity index (χ4n) is 1.67. The Bertz CT molecular complexity index is 796. The zero-order chi connectivity index (χ0) is 15.5. The number of hydrogen-bond acceptors (Lipinski definition) is 4. The maximum Gasteiger partial charge on any atom is 0.261 e. The van der Waals surface area contributed by atoms with E-state index in [-0.39, 0.29) is 15.5 Å². The molecule has 7 heteroatoms. The van der Waals surface area contributed by atoms with Crippen LogP contribution in [0, 0.1) is 11.3 Å². The van der Waals surface area contributed by atoms with Crippen molar-refractivity contribution in [1.82, 2.24) is 0 Å². The number of benzene rings is 2. The molecule has 0 amide bonds. The van der Waals surface area contributed by atoms with Gasteiger partial charge < -0.3 is 5.32 Å². The first-order valence-electron chi connectivity index (χ1n) is 5.96. The van der Waals surface area contributed by atoms with Crippen LogP contribution >= 0.6 is 11.6 Å². The summed E-state index contributed by atoms with van der Waals surface area (Å²) in [5.74, 6) is 0. The van der Waals surface area contributed by atoms with E-state index in [1.165, 1.54) is 18.2 Å². The normalized spacial score (nSPS) is 10.7. The monoisotopic (exact) mass is 321 g/mol. The van der Waals surface area contributed by atoms with Crippen molar-refractivity contribution >= 4 is 33.0 Å². The largest absolute Gasteiger partial charge is 0.388 e. The molecule has 0 aliphatic carbocycles. The smallest absolute Gasteiger partial charge is 0.261 e. The van der Waals surface area contributed by atoms with E-state index in [2.05, 4.69) is 10.0 Å². The summed E-state index contributed by atoms with van der Waals surface area (Å²) in [4.78, 5) is 0.00388. The van der Waals surface area contributed by atoms with Gasteiger partial charge in [-0.15, -0.1) is 0 Å². The molecule has 0 heterocycles. The van der Waals surface area contributed by atoms with E-state index in [1.807, 2.05) is 6.07 Å². The molecule has 5 nitrogen and oxygen atoms in total. The van der Waals surface area contributed by atoms with E-state index in [1.54, 1.807) is 31.3 Å². The van der Waals surface area contributed by atoms with E-state index < -0.39 is 10.0 Å². The molecule has 0 atom stereocenters. The predicted molar refractivity (Wildman–Crippen MR) is 83.0 cm³/mol. The highest BCUT2D eigenvalue weighted by molar-refractivity contribution is 7.92. The summed E-state index contributed by atoms with van der Waals surface area (Å²) in [6.07, 6.45) is 0. The Morgan fingerprint density at radius 1 is 1.10 bits per heavy atom. The summed E-state index contributed by atoms with van der Waals surface area (Å²) in [5, 5.41) is 11.8. The van der Waals surface area contributed by atoms with Crippen molar-refractivity contribution in [3.05, 3.63) is 53.1 Å². The van der Waals surface area contributed by atoms with Crippen LogP contribution in [-0.4, -0.2) is 15.5 Å². The first-order valence-corrected chi connectivity index (χ1v) is 7.82. The van der Waals surface area contributed by atoms with Gasteiger partial charge in [0.15, 0.2) is 0 Å². The first-order chi connectivity index (χ1) is 9.96. The van der Waals surface area contributed by atoms with Crippen LogP contribution in [0.1, 0.15) is 5.56 Å². The van der Waals surface area contributed by atoms with Crippen molar-refractivity contribution in [2.75, 3.05) is 17.1 Å². The molecule has 0 fully saturated rings. The molecule has 2 aromatic rings. The molecule has 0 spiro atoms. The second kappa shape index (κ2) is 6.04. The lowest BCUT2D eigenvalue weighted by Gasteiger charge is -2.09.